The molecule has 0 amide bonds. The summed E-state index contributed by atoms with van der Waals surface area (Å²) in [5.41, 5.74) is 3.21. The number of rotatable bonds is 2. The van der Waals surface area contributed by atoms with Crippen molar-refractivity contribution < 1.29 is 13.2 Å². The summed E-state index contributed by atoms with van der Waals surface area (Å²) in [6, 6.07) is 0. The van der Waals surface area contributed by atoms with E-state index in [-0.39, 0.29) is 5.57 Å². The number of nitrogens with two attached hydrogens (primary N) is 1. The Bertz CT molecular complexity index is 227. The van der Waals surface area contributed by atoms with Crippen molar-refractivity contribution >= 4 is 0 Å². The van der Waals surface area contributed by atoms with Crippen molar-refractivity contribution in [3.8, 4) is 0 Å². The topological polar surface area (TPSA) is 38.0 Å². The van der Waals surface area contributed by atoms with Crippen LogP contribution in [0.15, 0.2) is 23.4 Å². The van der Waals surface area contributed by atoms with Gasteiger partial charge in [0.15, 0.2) is 0 Å². The average Bonchev–Trinajstić information content (AvgIpc) is 2.32. The highest BCUT2D eigenvalue weighted by atomic mass is 19.4. The van der Waals surface area contributed by atoms with Crippen LogP contribution in [0.4, 0.5) is 13.2 Å². The first-order chi connectivity index (χ1) is 5.51. The molecule has 0 aromatic rings. The molecule has 1 rings (SSSR count). The second kappa shape index (κ2) is 3.18. The minimum Gasteiger partial charge on any atom is -0.328 e. The van der Waals surface area contributed by atoms with Gasteiger partial charge in [-0.2, -0.15) is 13.2 Å². The molecule has 5 heteroatoms. The van der Waals surface area contributed by atoms with Gasteiger partial charge in [-0.05, 0) is 11.6 Å². The normalized spacial score (nSPS) is 17.3. The molecule has 0 aromatic heterocycles. The molecule has 1 aliphatic carbocycles. The first kappa shape index (κ1) is 9.12. The molecule has 3 N–H and O–H groups in total. The van der Waals surface area contributed by atoms with Crippen molar-refractivity contribution in [2.75, 3.05) is 0 Å². The Kier molecular flexibility index (Phi) is 2.42. The quantitative estimate of drug-likeness (QED) is 0.498. The first-order valence-corrected chi connectivity index (χ1v) is 3.44. The molecule has 0 saturated heterocycles. The Balaban J connectivity index is 2.52. The predicted molar refractivity (Wildman–Crippen MR) is 38.8 cm³/mol. The fraction of sp³-hybridized carbons (Fsp3) is 0.429. The number of hydrazine groups is 1. The van der Waals surface area contributed by atoms with Gasteiger partial charge in [-0.1, -0.05) is 6.08 Å². The molecule has 0 aliphatic heterocycles. The largest absolute Gasteiger partial charge is 0.393 e. The van der Waals surface area contributed by atoms with Crippen LogP contribution >= 0.6 is 0 Å². The van der Waals surface area contributed by atoms with Crippen LogP contribution in [0.5, 0.6) is 0 Å². The maximum atomic E-state index is 11.8. The number of halogens is 3. The Morgan fingerprint density at radius 1 is 1.50 bits per heavy atom. The Hall–Kier alpha value is -0.970. The first-order valence-electron chi connectivity index (χ1n) is 3.44. The van der Waals surface area contributed by atoms with Gasteiger partial charge in [0.1, 0.15) is 0 Å². The van der Waals surface area contributed by atoms with E-state index in [2.05, 4.69) is 5.43 Å². The van der Waals surface area contributed by atoms with E-state index in [4.69, 9.17) is 5.84 Å². The van der Waals surface area contributed by atoms with Crippen LogP contribution in [-0.2, 0) is 0 Å². The van der Waals surface area contributed by atoms with Crippen LogP contribution in [0.1, 0.15) is 12.8 Å². The lowest BCUT2D eigenvalue weighted by atomic mass is 10.2. The Labute approximate surface area is 67.9 Å². The van der Waals surface area contributed by atoms with Crippen LogP contribution in [-0.4, -0.2) is 6.18 Å². The third kappa shape index (κ3) is 2.58. The Morgan fingerprint density at radius 3 is 2.58 bits per heavy atom. The highest BCUT2D eigenvalue weighted by molar-refractivity contribution is 5.31. The molecule has 0 unspecified atom stereocenters. The van der Waals surface area contributed by atoms with Gasteiger partial charge in [0.05, 0.1) is 6.42 Å². The molecule has 1 aliphatic rings. The van der Waals surface area contributed by atoms with Crippen molar-refractivity contribution in [1.29, 1.82) is 0 Å². The molecular formula is C7H9F3N2. The maximum Gasteiger partial charge on any atom is 0.393 e. The molecule has 0 radical (unpaired) electrons. The van der Waals surface area contributed by atoms with Crippen molar-refractivity contribution in [1.82, 2.24) is 5.43 Å². The third-order valence-electron chi connectivity index (χ3n) is 1.53. The molecule has 0 heterocycles. The minimum atomic E-state index is -4.13. The van der Waals surface area contributed by atoms with E-state index >= 15 is 0 Å². The average molecular weight is 178 g/mol. The molecule has 0 bridgehead atoms. The molecule has 0 spiro atoms. The van der Waals surface area contributed by atoms with E-state index in [1.54, 1.807) is 0 Å². The van der Waals surface area contributed by atoms with Crippen molar-refractivity contribution in [3.05, 3.63) is 23.4 Å². The summed E-state index contributed by atoms with van der Waals surface area (Å²) in [4.78, 5) is 0. The van der Waals surface area contributed by atoms with Gasteiger partial charge in [0.25, 0.3) is 0 Å². The number of hydrogen-bond donors (Lipinski definition) is 2. The summed E-state index contributed by atoms with van der Waals surface area (Å²) in [7, 11) is 0. The lowest BCUT2D eigenvalue weighted by Gasteiger charge is -2.04. The monoisotopic (exact) mass is 178 g/mol. The second-order valence-corrected chi connectivity index (χ2v) is 2.59. The summed E-state index contributed by atoms with van der Waals surface area (Å²) in [5, 5.41) is 0. The van der Waals surface area contributed by atoms with Crippen LogP contribution in [0.2, 0.25) is 0 Å². The zero-order valence-electron chi connectivity index (χ0n) is 6.28. The van der Waals surface area contributed by atoms with Crippen molar-refractivity contribution in [2.45, 2.75) is 19.0 Å². The minimum absolute atomic E-state index is 0.274. The van der Waals surface area contributed by atoms with Crippen molar-refractivity contribution in [2.24, 2.45) is 5.84 Å². The highest BCUT2D eigenvalue weighted by Crippen LogP contribution is 2.28. The number of alkyl halides is 3. The van der Waals surface area contributed by atoms with Gasteiger partial charge in [0, 0.05) is 12.1 Å². The third-order valence-corrected chi connectivity index (χ3v) is 1.53. The molecule has 0 fully saturated rings. The lowest BCUT2D eigenvalue weighted by molar-refractivity contribution is -0.126. The van der Waals surface area contributed by atoms with Gasteiger partial charge in [0.2, 0.25) is 0 Å². The number of hydrogen-bond acceptors (Lipinski definition) is 2. The molecule has 0 saturated carbocycles. The van der Waals surface area contributed by atoms with Gasteiger partial charge in [-0.3, -0.25) is 5.84 Å². The van der Waals surface area contributed by atoms with E-state index in [9.17, 15) is 13.2 Å². The van der Waals surface area contributed by atoms with Gasteiger partial charge >= 0.3 is 6.18 Å². The fourth-order valence-electron chi connectivity index (χ4n) is 1.04. The molecule has 2 nitrogen and oxygen atoms in total. The molecular weight excluding hydrogens is 169 g/mol. The van der Waals surface area contributed by atoms with Crippen LogP contribution in [0.3, 0.4) is 0 Å². The zero-order valence-corrected chi connectivity index (χ0v) is 6.28. The van der Waals surface area contributed by atoms with Gasteiger partial charge in [-0.15, -0.1) is 0 Å². The summed E-state index contributed by atoms with van der Waals surface area (Å²) >= 11 is 0. The Morgan fingerprint density at radius 2 is 2.17 bits per heavy atom. The van der Waals surface area contributed by atoms with Crippen LogP contribution in [0.25, 0.3) is 0 Å². The van der Waals surface area contributed by atoms with Crippen LogP contribution in [0, 0.1) is 0 Å². The molecule has 12 heavy (non-hydrogen) atoms. The predicted octanol–water partition coefficient (Wildman–Crippen LogP) is 1.62. The summed E-state index contributed by atoms with van der Waals surface area (Å²) in [6.45, 7) is 0. The van der Waals surface area contributed by atoms with Gasteiger partial charge in [-0.25, -0.2) is 0 Å². The SMILES string of the molecule is NNC1=CC(CC(F)(F)F)=CC1. The van der Waals surface area contributed by atoms with Gasteiger partial charge < -0.3 is 5.43 Å². The standard InChI is InChI=1S/C7H9F3N2/c8-7(9,10)4-5-1-2-6(3-5)12-11/h1,3,12H,2,4,11H2. The maximum absolute atomic E-state index is 11.8. The second-order valence-electron chi connectivity index (χ2n) is 2.59. The smallest absolute Gasteiger partial charge is 0.328 e. The van der Waals surface area contributed by atoms with Crippen molar-refractivity contribution in [3.63, 3.8) is 0 Å². The van der Waals surface area contributed by atoms with Crippen LogP contribution < -0.4 is 11.3 Å². The van der Waals surface area contributed by atoms with E-state index in [1.165, 1.54) is 12.2 Å². The molecule has 0 aromatic carbocycles. The zero-order chi connectivity index (χ0) is 9.19. The summed E-state index contributed by atoms with van der Waals surface area (Å²) in [6.07, 6.45) is -1.61. The van der Waals surface area contributed by atoms with E-state index < -0.39 is 12.6 Å². The highest BCUT2D eigenvalue weighted by Gasteiger charge is 2.29. The number of nitrogens with one attached hydrogen (secondary N) is 1. The summed E-state index contributed by atoms with van der Waals surface area (Å²) in [5.74, 6) is 5.03. The molecule has 68 valence electrons. The van der Waals surface area contributed by atoms with E-state index in [1.807, 2.05) is 0 Å². The van der Waals surface area contributed by atoms with E-state index in [0.717, 1.165) is 0 Å². The lowest BCUT2D eigenvalue weighted by Crippen LogP contribution is -2.19. The van der Waals surface area contributed by atoms with E-state index in [0.29, 0.717) is 12.1 Å². The summed E-state index contributed by atoms with van der Waals surface area (Å²) < 4.78 is 35.5. The fourth-order valence-corrected chi connectivity index (χ4v) is 1.04. The number of allylic oxidation sites excluding steroid dienone is 3. The molecule has 0 atom stereocenters.